The van der Waals surface area contributed by atoms with Crippen LogP contribution in [0.15, 0.2) is 24.8 Å². The lowest BCUT2D eigenvalue weighted by Crippen LogP contribution is -2.20. The van der Waals surface area contributed by atoms with Gasteiger partial charge in [-0.2, -0.15) is 0 Å². The number of aliphatic hydroxyl groups excluding tert-OH is 2. The average Bonchev–Trinajstić information content (AvgIpc) is 2.34. The average molecular weight is 246 g/mol. The van der Waals surface area contributed by atoms with Crippen LogP contribution in [0.25, 0.3) is 0 Å². The number of carbonyl (C=O) groups excluding carboxylic acids is 2. The third kappa shape index (κ3) is 6.46. The Morgan fingerprint density at radius 3 is 2.53 bits per heavy atom. The van der Waals surface area contributed by atoms with Crippen LogP contribution >= 0.6 is 0 Å². The molecule has 7 heteroatoms. The van der Waals surface area contributed by atoms with Gasteiger partial charge in [0.1, 0.15) is 0 Å². The number of rotatable bonds is 8. The summed E-state index contributed by atoms with van der Waals surface area (Å²) in [4.78, 5) is 29.5. The molecule has 0 saturated carbocycles. The highest BCUT2D eigenvalue weighted by atomic mass is 17.5. The first-order valence-electron chi connectivity index (χ1n) is 4.72. The van der Waals surface area contributed by atoms with Gasteiger partial charge in [0, 0.05) is 17.7 Å². The molecule has 0 spiro atoms. The Balaban J connectivity index is 3.92. The maximum absolute atomic E-state index is 11.1. The summed E-state index contributed by atoms with van der Waals surface area (Å²) in [5, 5.41) is 21.7. The number of carbonyl (C=O) groups is 2. The van der Waals surface area contributed by atoms with Crippen molar-refractivity contribution in [2.45, 2.75) is 18.9 Å². The lowest BCUT2D eigenvalue weighted by atomic mass is 10.1. The molecule has 0 radical (unpaired) electrons. The highest BCUT2D eigenvalue weighted by Gasteiger charge is 2.19. The first-order chi connectivity index (χ1) is 8.02. The molecular weight excluding hydrogens is 232 g/mol. The maximum atomic E-state index is 11.1. The van der Waals surface area contributed by atoms with Crippen molar-refractivity contribution in [3.8, 4) is 0 Å². The highest BCUT2D eigenvalue weighted by molar-refractivity contribution is 5.88. The van der Waals surface area contributed by atoms with Crippen molar-refractivity contribution in [2.24, 2.45) is 0 Å². The van der Waals surface area contributed by atoms with Crippen molar-refractivity contribution >= 4 is 11.9 Å². The van der Waals surface area contributed by atoms with E-state index in [0.717, 1.165) is 6.08 Å². The second-order valence-electron chi connectivity index (χ2n) is 2.95. The topological polar surface area (TPSA) is 102 Å². The Kier molecular flexibility index (Phi) is 7.61. The molecule has 2 N–H and O–H groups in total. The minimum atomic E-state index is -1.16. The highest BCUT2D eigenvalue weighted by Crippen LogP contribution is 2.08. The van der Waals surface area contributed by atoms with Crippen LogP contribution < -0.4 is 0 Å². The summed E-state index contributed by atoms with van der Waals surface area (Å²) >= 11 is 0. The van der Waals surface area contributed by atoms with Gasteiger partial charge in [0.15, 0.2) is 0 Å². The Morgan fingerprint density at radius 2 is 2.00 bits per heavy atom. The van der Waals surface area contributed by atoms with E-state index in [2.05, 4.69) is 28.0 Å². The lowest BCUT2D eigenvalue weighted by molar-refractivity contribution is -0.456. The fourth-order valence-corrected chi connectivity index (χ4v) is 0.764. The summed E-state index contributed by atoms with van der Waals surface area (Å²) in [5.74, 6) is -2.02. The second-order valence-corrected chi connectivity index (χ2v) is 2.95. The molecule has 0 aromatic carbocycles. The summed E-state index contributed by atoms with van der Waals surface area (Å²) in [6.45, 7) is 6.24. The van der Waals surface area contributed by atoms with Crippen LogP contribution in [0.5, 0.6) is 0 Å². The fourth-order valence-electron chi connectivity index (χ4n) is 0.764. The van der Waals surface area contributed by atoms with E-state index in [0.29, 0.717) is 6.42 Å². The van der Waals surface area contributed by atoms with Gasteiger partial charge in [-0.05, 0) is 12.8 Å². The first kappa shape index (κ1) is 15.3. The van der Waals surface area contributed by atoms with E-state index in [1.165, 1.54) is 0 Å². The molecule has 1 atom stereocenters. The quantitative estimate of drug-likeness (QED) is 0.347. The predicted octanol–water partition coefficient (Wildman–Crippen LogP) is -0.205. The SMILES string of the molecule is C=CC(=O)OOOC(=O)C(=C)C(O)CCCO. The van der Waals surface area contributed by atoms with E-state index in [-0.39, 0.29) is 18.6 Å². The molecule has 0 rings (SSSR count). The van der Waals surface area contributed by atoms with Crippen LogP contribution in [0, 0.1) is 0 Å². The Labute approximate surface area is 97.8 Å². The van der Waals surface area contributed by atoms with Crippen LogP contribution in [0.1, 0.15) is 12.8 Å². The van der Waals surface area contributed by atoms with E-state index in [1.807, 2.05) is 0 Å². The predicted molar refractivity (Wildman–Crippen MR) is 54.9 cm³/mol. The molecule has 0 aliphatic heterocycles. The minimum absolute atomic E-state index is 0.118. The Hall–Kier alpha value is -1.70. The van der Waals surface area contributed by atoms with E-state index in [9.17, 15) is 14.7 Å². The molecule has 7 nitrogen and oxygen atoms in total. The Morgan fingerprint density at radius 1 is 1.35 bits per heavy atom. The second kappa shape index (κ2) is 8.45. The molecular formula is C10H14O7. The van der Waals surface area contributed by atoms with E-state index >= 15 is 0 Å². The third-order valence-electron chi connectivity index (χ3n) is 1.69. The van der Waals surface area contributed by atoms with E-state index < -0.39 is 18.0 Å². The standard InChI is InChI=1S/C10H14O7/c1-3-9(13)15-17-16-10(14)7(2)8(12)5-4-6-11/h3,8,11-12H,1-2,4-6H2. The molecule has 0 aromatic rings. The molecule has 1 unspecified atom stereocenters. The fraction of sp³-hybridized carbons (Fsp3) is 0.400. The van der Waals surface area contributed by atoms with Crippen molar-refractivity contribution in [3.63, 3.8) is 0 Å². The van der Waals surface area contributed by atoms with Crippen LogP contribution in [0.4, 0.5) is 0 Å². The van der Waals surface area contributed by atoms with Crippen molar-refractivity contribution in [1.82, 2.24) is 0 Å². The molecule has 0 bridgehead atoms. The van der Waals surface area contributed by atoms with Crippen LogP contribution in [0.2, 0.25) is 0 Å². The zero-order valence-electron chi connectivity index (χ0n) is 9.13. The van der Waals surface area contributed by atoms with E-state index in [1.54, 1.807) is 0 Å². The molecule has 0 amide bonds. The number of hydrogen-bond acceptors (Lipinski definition) is 7. The summed E-state index contributed by atoms with van der Waals surface area (Å²) in [5.41, 5.74) is -0.270. The summed E-state index contributed by atoms with van der Waals surface area (Å²) < 4.78 is 0. The summed E-state index contributed by atoms with van der Waals surface area (Å²) in [6.07, 6.45) is 0.100. The summed E-state index contributed by atoms with van der Waals surface area (Å²) in [6, 6.07) is 0. The lowest BCUT2D eigenvalue weighted by Gasteiger charge is -2.10. The van der Waals surface area contributed by atoms with Gasteiger partial charge < -0.3 is 10.2 Å². The molecule has 0 heterocycles. The Bertz CT molecular complexity index is 297. The molecule has 17 heavy (non-hydrogen) atoms. The van der Waals surface area contributed by atoms with Crippen molar-refractivity contribution in [3.05, 3.63) is 24.8 Å². The normalized spacial score (nSPS) is 11.4. The van der Waals surface area contributed by atoms with Gasteiger partial charge in [0.05, 0.1) is 11.7 Å². The third-order valence-corrected chi connectivity index (χ3v) is 1.69. The van der Waals surface area contributed by atoms with E-state index in [4.69, 9.17) is 5.11 Å². The van der Waals surface area contributed by atoms with Gasteiger partial charge >= 0.3 is 11.9 Å². The van der Waals surface area contributed by atoms with Crippen LogP contribution in [-0.4, -0.2) is 34.9 Å². The molecule has 96 valence electrons. The van der Waals surface area contributed by atoms with Gasteiger partial charge in [0.2, 0.25) is 0 Å². The molecule has 0 fully saturated rings. The monoisotopic (exact) mass is 246 g/mol. The zero-order chi connectivity index (χ0) is 13.3. The van der Waals surface area contributed by atoms with Gasteiger partial charge in [0.25, 0.3) is 0 Å². The van der Waals surface area contributed by atoms with Crippen LogP contribution in [-0.2, 0) is 24.4 Å². The van der Waals surface area contributed by atoms with Gasteiger partial charge in [-0.3, -0.25) is 9.78 Å². The molecule has 0 aliphatic rings. The van der Waals surface area contributed by atoms with Crippen molar-refractivity contribution < 1.29 is 34.6 Å². The van der Waals surface area contributed by atoms with Crippen molar-refractivity contribution in [2.75, 3.05) is 6.61 Å². The first-order valence-corrected chi connectivity index (χ1v) is 4.72. The minimum Gasteiger partial charge on any atom is -0.396 e. The molecule has 0 aromatic heterocycles. The number of hydrogen-bond donors (Lipinski definition) is 2. The van der Waals surface area contributed by atoms with Gasteiger partial charge in [-0.25, -0.2) is 9.59 Å². The zero-order valence-corrected chi connectivity index (χ0v) is 9.13. The van der Waals surface area contributed by atoms with Crippen molar-refractivity contribution in [1.29, 1.82) is 0 Å². The maximum Gasteiger partial charge on any atom is 0.375 e. The number of aliphatic hydroxyl groups is 2. The summed E-state index contributed by atoms with van der Waals surface area (Å²) in [7, 11) is 0. The largest absolute Gasteiger partial charge is 0.396 e. The van der Waals surface area contributed by atoms with Gasteiger partial charge in [-0.15, -0.1) is 0 Å². The molecule has 0 aliphatic carbocycles. The molecule has 0 saturated heterocycles. The van der Waals surface area contributed by atoms with Gasteiger partial charge in [-0.1, -0.05) is 13.2 Å². The van der Waals surface area contributed by atoms with Crippen LogP contribution in [0.3, 0.4) is 0 Å². The smallest absolute Gasteiger partial charge is 0.375 e.